The molecule has 21 heavy (non-hydrogen) atoms. The highest BCUT2D eigenvalue weighted by molar-refractivity contribution is 6.31. The fourth-order valence-electron chi connectivity index (χ4n) is 2.50. The molecule has 0 radical (unpaired) electrons. The number of halogens is 1. The van der Waals surface area contributed by atoms with Crippen molar-refractivity contribution < 1.29 is 0 Å². The number of anilines is 2. The van der Waals surface area contributed by atoms with Crippen molar-refractivity contribution in [1.29, 1.82) is 0 Å². The Labute approximate surface area is 129 Å². The molecule has 0 saturated carbocycles. The molecule has 0 aliphatic carbocycles. The quantitative estimate of drug-likeness (QED) is 0.939. The van der Waals surface area contributed by atoms with E-state index >= 15 is 0 Å². The molecule has 0 atom stereocenters. The van der Waals surface area contributed by atoms with E-state index in [2.05, 4.69) is 19.8 Å². The first-order valence-electron chi connectivity index (χ1n) is 7.03. The smallest absolute Gasteiger partial charge is 0.129 e. The van der Waals surface area contributed by atoms with Crippen molar-refractivity contribution >= 4 is 23.2 Å². The van der Waals surface area contributed by atoms with E-state index in [1.54, 1.807) is 6.20 Å². The fraction of sp³-hybridized carbons (Fsp3) is 0.333. The molecule has 2 aromatic heterocycles. The monoisotopic (exact) mass is 303 g/mol. The van der Waals surface area contributed by atoms with Gasteiger partial charge in [0.25, 0.3) is 0 Å². The van der Waals surface area contributed by atoms with Gasteiger partial charge in [-0.15, -0.1) is 0 Å². The number of aromatic nitrogens is 2. The SMILES string of the molecule is NCc1cc(N2CCN(c3ccccn3)CC2)ncc1Cl. The van der Waals surface area contributed by atoms with Crippen LogP contribution in [0.3, 0.4) is 0 Å². The summed E-state index contributed by atoms with van der Waals surface area (Å²) < 4.78 is 0. The molecule has 1 aliphatic heterocycles. The molecule has 3 heterocycles. The van der Waals surface area contributed by atoms with Crippen LogP contribution in [0.2, 0.25) is 5.02 Å². The van der Waals surface area contributed by atoms with Gasteiger partial charge >= 0.3 is 0 Å². The highest BCUT2D eigenvalue weighted by Crippen LogP contribution is 2.22. The van der Waals surface area contributed by atoms with Crippen LogP contribution in [-0.2, 0) is 6.54 Å². The van der Waals surface area contributed by atoms with Crippen molar-refractivity contribution in [2.75, 3.05) is 36.0 Å². The van der Waals surface area contributed by atoms with Crippen LogP contribution in [0.5, 0.6) is 0 Å². The molecule has 0 spiro atoms. The third-order valence-corrected chi connectivity index (χ3v) is 4.06. The number of rotatable bonds is 3. The van der Waals surface area contributed by atoms with Crippen molar-refractivity contribution in [2.24, 2.45) is 5.73 Å². The van der Waals surface area contributed by atoms with Crippen LogP contribution in [0.25, 0.3) is 0 Å². The molecule has 5 nitrogen and oxygen atoms in total. The van der Waals surface area contributed by atoms with Gasteiger partial charge in [-0.25, -0.2) is 9.97 Å². The van der Waals surface area contributed by atoms with Crippen molar-refractivity contribution in [3.63, 3.8) is 0 Å². The Morgan fingerprint density at radius 1 is 1.05 bits per heavy atom. The predicted octanol–water partition coefficient (Wildman–Crippen LogP) is 1.92. The zero-order valence-electron chi connectivity index (χ0n) is 11.7. The molecule has 3 rings (SSSR count). The van der Waals surface area contributed by atoms with Crippen LogP contribution >= 0.6 is 11.6 Å². The van der Waals surface area contributed by atoms with Crippen LogP contribution in [0.1, 0.15) is 5.56 Å². The van der Waals surface area contributed by atoms with E-state index in [-0.39, 0.29) is 0 Å². The molecule has 1 aliphatic rings. The Hall–Kier alpha value is -1.85. The highest BCUT2D eigenvalue weighted by atomic mass is 35.5. The van der Waals surface area contributed by atoms with Gasteiger partial charge in [0, 0.05) is 45.1 Å². The second kappa shape index (κ2) is 6.28. The fourth-order valence-corrected chi connectivity index (χ4v) is 2.68. The molecule has 1 saturated heterocycles. The van der Waals surface area contributed by atoms with Gasteiger partial charge < -0.3 is 15.5 Å². The molecule has 1 fully saturated rings. The molecular weight excluding hydrogens is 286 g/mol. The first-order valence-corrected chi connectivity index (χ1v) is 7.41. The predicted molar refractivity (Wildman–Crippen MR) is 85.8 cm³/mol. The minimum Gasteiger partial charge on any atom is -0.353 e. The number of pyridine rings is 2. The topological polar surface area (TPSA) is 58.3 Å². The van der Waals surface area contributed by atoms with E-state index in [9.17, 15) is 0 Å². The Bertz CT molecular complexity index is 596. The summed E-state index contributed by atoms with van der Waals surface area (Å²) in [5.74, 6) is 1.98. The molecule has 0 amide bonds. The van der Waals surface area contributed by atoms with Gasteiger partial charge in [0.05, 0.1) is 5.02 Å². The Morgan fingerprint density at radius 2 is 1.76 bits per heavy atom. The third kappa shape index (κ3) is 3.09. The minimum absolute atomic E-state index is 0.433. The van der Waals surface area contributed by atoms with Gasteiger partial charge in [-0.2, -0.15) is 0 Å². The van der Waals surface area contributed by atoms with Gasteiger partial charge in [-0.05, 0) is 23.8 Å². The minimum atomic E-state index is 0.433. The van der Waals surface area contributed by atoms with Crippen molar-refractivity contribution in [3.05, 3.63) is 47.2 Å². The number of piperazine rings is 1. The second-order valence-corrected chi connectivity index (χ2v) is 5.41. The van der Waals surface area contributed by atoms with Gasteiger partial charge in [0.2, 0.25) is 0 Å². The van der Waals surface area contributed by atoms with E-state index in [0.717, 1.165) is 43.4 Å². The Kier molecular flexibility index (Phi) is 4.22. The number of hydrogen-bond acceptors (Lipinski definition) is 5. The molecule has 6 heteroatoms. The molecule has 110 valence electrons. The maximum absolute atomic E-state index is 6.06. The standard InChI is InChI=1S/C15H18ClN5/c16-13-11-19-15(9-12(13)10-17)21-7-5-20(6-8-21)14-3-1-2-4-18-14/h1-4,9,11H,5-8,10,17H2. The Balaban J connectivity index is 1.68. The van der Waals surface area contributed by atoms with Gasteiger partial charge in [-0.1, -0.05) is 17.7 Å². The zero-order chi connectivity index (χ0) is 14.7. The summed E-state index contributed by atoms with van der Waals surface area (Å²) in [7, 11) is 0. The van der Waals surface area contributed by atoms with Gasteiger partial charge in [-0.3, -0.25) is 0 Å². The lowest BCUT2D eigenvalue weighted by atomic mass is 10.2. The third-order valence-electron chi connectivity index (χ3n) is 3.72. The summed E-state index contributed by atoms with van der Waals surface area (Å²) >= 11 is 6.06. The van der Waals surface area contributed by atoms with Crippen molar-refractivity contribution in [3.8, 4) is 0 Å². The molecule has 0 unspecified atom stereocenters. The molecule has 0 bridgehead atoms. The van der Waals surface area contributed by atoms with Crippen LogP contribution in [0, 0.1) is 0 Å². The maximum atomic E-state index is 6.06. The normalized spacial score (nSPS) is 15.3. The molecule has 0 aromatic carbocycles. The van der Waals surface area contributed by atoms with E-state index in [0.29, 0.717) is 11.6 Å². The lowest BCUT2D eigenvalue weighted by molar-refractivity contribution is 0.641. The molecule has 2 N–H and O–H groups in total. The first-order chi connectivity index (χ1) is 10.3. The average molecular weight is 304 g/mol. The second-order valence-electron chi connectivity index (χ2n) is 5.00. The summed E-state index contributed by atoms with van der Waals surface area (Å²) in [6.07, 6.45) is 3.51. The van der Waals surface area contributed by atoms with Gasteiger partial charge in [0.1, 0.15) is 11.6 Å². The average Bonchev–Trinajstić information content (AvgIpc) is 2.56. The highest BCUT2D eigenvalue weighted by Gasteiger charge is 2.19. The number of hydrogen-bond donors (Lipinski definition) is 1. The summed E-state index contributed by atoms with van der Waals surface area (Å²) in [5.41, 5.74) is 6.64. The first kappa shape index (κ1) is 14.1. The molecular formula is C15H18ClN5. The maximum Gasteiger partial charge on any atom is 0.129 e. The summed E-state index contributed by atoms with van der Waals surface area (Å²) in [6.45, 7) is 4.12. The summed E-state index contributed by atoms with van der Waals surface area (Å²) in [6, 6.07) is 7.98. The van der Waals surface area contributed by atoms with Crippen molar-refractivity contribution in [2.45, 2.75) is 6.54 Å². The number of nitrogens with zero attached hydrogens (tertiary/aromatic N) is 4. The van der Waals surface area contributed by atoms with Crippen LogP contribution in [-0.4, -0.2) is 36.1 Å². The lowest BCUT2D eigenvalue weighted by Gasteiger charge is -2.36. The van der Waals surface area contributed by atoms with E-state index in [4.69, 9.17) is 17.3 Å². The largest absolute Gasteiger partial charge is 0.353 e. The number of nitrogens with two attached hydrogens (primary N) is 1. The zero-order valence-corrected chi connectivity index (χ0v) is 12.5. The molecule has 2 aromatic rings. The van der Waals surface area contributed by atoms with E-state index < -0.39 is 0 Å². The summed E-state index contributed by atoms with van der Waals surface area (Å²) in [4.78, 5) is 13.4. The summed E-state index contributed by atoms with van der Waals surface area (Å²) in [5, 5.41) is 0.633. The van der Waals surface area contributed by atoms with Gasteiger partial charge in [0.15, 0.2) is 0 Å². The lowest BCUT2D eigenvalue weighted by Crippen LogP contribution is -2.47. The van der Waals surface area contributed by atoms with E-state index in [1.807, 2.05) is 30.5 Å². The van der Waals surface area contributed by atoms with Crippen LogP contribution in [0.15, 0.2) is 36.7 Å². The van der Waals surface area contributed by atoms with Crippen LogP contribution in [0.4, 0.5) is 11.6 Å². The van der Waals surface area contributed by atoms with Crippen molar-refractivity contribution in [1.82, 2.24) is 9.97 Å². The van der Waals surface area contributed by atoms with Crippen LogP contribution < -0.4 is 15.5 Å². The van der Waals surface area contributed by atoms with E-state index in [1.165, 1.54) is 0 Å². The Morgan fingerprint density at radius 3 is 2.38 bits per heavy atom.